The Hall–Kier alpha value is -1.36. The van der Waals surface area contributed by atoms with Gasteiger partial charge in [0.1, 0.15) is 0 Å². The van der Waals surface area contributed by atoms with E-state index in [0.29, 0.717) is 36.5 Å². The maximum absolute atomic E-state index is 12.9. The van der Waals surface area contributed by atoms with Crippen LogP contribution in [-0.4, -0.2) is 30.0 Å². The molecule has 0 heterocycles. The second-order valence-electron chi connectivity index (χ2n) is 8.88. The smallest absolute Gasteiger partial charge is 0.185 e. The molecule has 0 amide bonds. The Morgan fingerprint density at radius 3 is 2.68 bits per heavy atom. The molecule has 4 atom stereocenters. The molecule has 3 aliphatic carbocycles. The fourth-order valence-electron chi connectivity index (χ4n) is 6.21. The predicted molar refractivity (Wildman–Crippen MR) is 99.9 cm³/mol. The number of nitrogens with zero attached hydrogens (tertiary/aromatic N) is 1. The van der Waals surface area contributed by atoms with Crippen LogP contribution in [0.25, 0.3) is 0 Å². The molecule has 2 saturated carbocycles. The van der Waals surface area contributed by atoms with Crippen LogP contribution < -0.4 is 11.5 Å². The zero-order valence-corrected chi connectivity index (χ0v) is 15.8. The number of hydrogen-bond acceptors (Lipinski definition) is 3. The highest BCUT2D eigenvalue weighted by atomic mass is 16.3. The number of aliphatic hydroxyl groups is 1. The summed E-state index contributed by atoms with van der Waals surface area (Å²) in [6.45, 7) is 7.83. The molecule has 0 radical (unpaired) electrons. The Kier molecular flexibility index (Phi) is 4.73. The molecule has 0 aromatic heterocycles. The zero-order valence-electron chi connectivity index (χ0n) is 15.8. The molecular formula is C20H33N3O2. The zero-order chi connectivity index (χ0) is 18.4. The SMILES string of the molecule is C[C@@H]1[C@@H](CO)C[C@@H]2CC3=C(CCCCN=C(N)N)C(=O)C[C@@]31C2(C)C. The molecule has 1 spiro atoms. The number of hydrogen-bond donors (Lipinski definition) is 3. The number of carbonyl (C=O) groups excluding carboxylic acids is 1. The molecule has 140 valence electrons. The van der Waals surface area contributed by atoms with Crippen LogP contribution in [0.1, 0.15) is 59.3 Å². The number of Topliss-reactive ketones (excluding diaryl/α,β-unsaturated/α-hetero) is 1. The Balaban J connectivity index is 1.84. The van der Waals surface area contributed by atoms with E-state index in [1.807, 2.05) is 0 Å². The first-order chi connectivity index (χ1) is 11.8. The Labute approximate surface area is 150 Å². The van der Waals surface area contributed by atoms with Crippen LogP contribution in [0.3, 0.4) is 0 Å². The largest absolute Gasteiger partial charge is 0.396 e. The number of guanidine groups is 1. The summed E-state index contributed by atoms with van der Waals surface area (Å²) in [5, 5.41) is 9.85. The van der Waals surface area contributed by atoms with E-state index < -0.39 is 0 Å². The van der Waals surface area contributed by atoms with Gasteiger partial charge in [-0.05, 0) is 60.8 Å². The Bertz CT molecular complexity index is 618. The van der Waals surface area contributed by atoms with Crippen LogP contribution in [0, 0.1) is 28.6 Å². The molecule has 0 saturated heterocycles. The monoisotopic (exact) mass is 347 g/mol. The van der Waals surface area contributed by atoms with Gasteiger partial charge in [0.05, 0.1) is 0 Å². The van der Waals surface area contributed by atoms with Crippen molar-refractivity contribution < 1.29 is 9.90 Å². The maximum atomic E-state index is 12.9. The van der Waals surface area contributed by atoms with Crippen LogP contribution >= 0.6 is 0 Å². The van der Waals surface area contributed by atoms with Crippen LogP contribution in [-0.2, 0) is 4.79 Å². The average Bonchev–Trinajstić information content (AvgIpc) is 2.87. The third-order valence-electron chi connectivity index (χ3n) is 7.74. The van der Waals surface area contributed by atoms with Crippen LogP contribution in [0.15, 0.2) is 16.1 Å². The first kappa shape index (κ1) is 18.4. The topological polar surface area (TPSA) is 102 Å². The molecule has 3 aliphatic rings. The summed E-state index contributed by atoms with van der Waals surface area (Å²) >= 11 is 0. The summed E-state index contributed by atoms with van der Waals surface area (Å²) < 4.78 is 0. The fourth-order valence-corrected chi connectivity index (χ4v) is 6.21. The minimum atomic E-state index is -0.0322. The van der Waals surface area contributed by atoms with Gasteiger partial charge in [-0.2, -0.15) is 0 Å². The lowest BCUT2D eigenvalue weighted by Crippen LogP contribution is -2.49. The van der Waals surface area contributed by atoms with Gasteiger partial charge >= 0.3 is 0 Å². The molecule has 25 heavy (non-hydrogen) atoms. The summed E-state index contributed by atoms with van der Waals surface area (Å²) in [5.41, 5.74) is 13.4. The Morgan fingerprint density at radius 1 is 1.32 bits per heavy atom. The van der Waals surface area contributed by atoms with Gasteiger partial charge in [-0.15, -0.1) is 0 Å². The number of rotatable bonds is 6. The van der Waals surface area contributed by atoms with E-state index >= 15 is 0 Å². The van der Waals surface area contributed by atoms with Crippen molar-refractivity contribution in [2.45, 2.75) is 59.3 Å². The number of carbonyl (C=O) groups is 1. The summed E-state index contributed by atoms with van der Waals surface area (Å²) in [7, 11) is 0. The molecule has 5 heteroatoms. The summed E-state index contributed by atoms with van der Waals surface area (Å²) in [4.78, 5) is 16.9. The van der Waals surface area contributed by atoms with Crippen LogP contribution in [0.2, 0.25) is 0 Å². The maximum Gasteiger partial charge on any atom is 0.185 e. The minimum absolute atomic E-state index is 0.0322. The van der Waals surface area contributed by atoms with E-state index in [0.717, 1.165) is 37.7 Å². The summed E-state index contributed by atoms with van der Waals surface area (Å²) in [5.74, 6) is 1.75. The van der Waals surface area contributed by atoms with E-state index in [1.165, 1.54) is 5.57 Å². The molecule has 0 aliphatic heterocycles. The number of fused-ring (bicyclic) bond motifs is 1. The van der Waals surface area contributed by atoms with Crippen molar-refractivity contribution in [3.05, 3.63) is 11.1 Å². The highest BCUT2D eigenvalue weighted by Gasteiger charge is 2.67. The molecule has 5 N–H and O–H groups in total. The van der Waals surface area contributed by atoms with E-state index in [1.54, 1.807) is 0 Å². The second-order valence-corrected chi connectivity index (χ2v) is 8.88. The standard InChI is InChI=1S/C20H33N3O2/c1-12-13(11-24)8-14-9-16-15(6-4-5-7-23-18(21)22)17(25)10-20(12,16)19(14,2)3/h12-14,24H,4-11H2,1-3H3,(H4,21,22,23)/t12-,13-,14-,20+/m1/s1. The van der Waals surface area contributed by atoms with Crippen LogP contribution in [0.5, 0.6) is 0 Å². The van der Waals surface area contributed by atoms with Gasteiger partial charge < -0.3 is 16.6 Å². The molecule has 2 fully saturated rings. The van der Waals surface area contributed by atoms with Crippen molar-refractivity contribution in [2.75, 3.05) is 13.2 Å². The van der Waals surface area contributed by atoms with Gasteiger partial charge in [0, 0.05) is 25.0 Å². The predicted octanol–water partition coefficient (Wildman–Crippen LogP) is 2.38. The first-order valence-corrected chi connectivity index (χ1v) is 9.67. The molecule has 2 bridgehead atoms. The quantitative estimate of drug-likeness (QED) is 0.390. The highest BCUT2D eigenvalue weighted by Crippen LogP contribution is 2.73. The lowest BCUT2D eigenvalue weighted by Gasteiger charge is -2.54. The second kappa shape index (κ2) is 6.42. The van der Waals surface area contributed by atoms with Crippen molar-refractivity contribution in [2.24, 2.45) is 45.0 Å². The number of aliphatic imine (C=N–C) groups is 1. The van der Waals surface area contributed by atoms with Gasteiger partial charge in [-0.25, -0.2) is 0 Å². The minimum Gasteiger partial charge on any atom is -0.396 e. The van der Waals surface area contributed by atoms with Crippen LogP contribution in [0.4, 0.5) is 0 Å². The number of nitrogens with two attached hydrogens (primary N) is 2. The van der Waals surface area contributed by atoms with Crippen molar-refractivity contribution in [1.29, 1.82) is 0 Å². The molecule has 3 rings (SSSR count). The lowest BCUT2D eigenvalue weighted by molar-refractivity contribution is -0.122. The van der Waals surface area contributed by atoms with Gasteiger partial charge in [0.25, 0.3) is 0 Å². The number of allylic oxidation sites excluding steroid dienone is 2. The van der Waals surface area contributed by atoms with E-state index in [2.05, 4.69) is 25.8 Å². The highest BCUT2D eigenvalue weighted by molar-refractivity contribution is 6.00. The third kappa shape index (κ3) is 2.62. The fraction of sp³-hybridized carbons (Fsp3) is 0.800. The van der Waals surface area contributed by atoms with Gasteiger partial charge in [0.15, 0.2) is 11.7 Å². The summed E-state index contributed by atoms with van der Waals surface area (Å²) in [6, 6.07) is 0. The van der Waals surface area contributed by atoms with Crippen molar-refractivity contribution >= 4 is 11.7 Å². The number of ketones is 1. The normalized spacial score (nSPS) is 35.8. The van der Waals surface area contributed by atoms with E-state index in [9.17, 15) is 9.90 Å². The molecular weight excluding hydrogens is 314 g/mol. The van der Waals surface area contributed by atoms with E-state index in [4.69, 9.17) is 11.5 Å². The van der Waals surface area contributed by atoms with Crippen molar-refractivity contribution in [3.8, 4) is 0 Å². The summed E-state index contributed by atoms with van der Waals surface area (Å²) in [6.07, 6.45) is 5.46. The molecule has 0 unspecified atom stereocenters. The van der Waals surface area contributed by atoms with Gasteiger partial charge in [-0.1, -0.05) is 26.3 Å². The lowest BCUT2D eigenvalue weighted by atomic mass is 9.50. The van der Waals surface area contributed by atoms with Gasteiger partial charge in [0.2, 0.25) is 0 Å². The molecule has 5 nitrogen and oxygen atoms in total. The van der Waals surface area contributed by atoms with E-state index in [-0.39, 0.29) is 23.4 Å². The first-order valence-electron chi connectivity index (χ1n) is 9.67. The number of aliphatic hydroxyl groups excluding tert-OH is 1. The third-order valence-corrected chi connectivity index (χ3v) is 7.74. The average molecular weight is 348 g/mol. The van der Waals surface area contributed by atoms with Gasteiger partial charge in [-0.3, -0.25) is 9.79 Å². The van der Waals surface area contributed by atoms with Crippen molar-refractivity contribution in [1.82, 2.24) is 0 Å². The number of unbranched alkanes of at least 4 members (excludes halogenated alkanes) is 1. The van der Waals surface area contributed by atoms with Crippen molar-refractivity contribution in [3.63, 3.8) is 0 Å². The Morgan fingerprint density at radius 2 is 2.04 bits per heavy atom. The molecule has 0 aromatic carbocycles. The molecule has 0 aromatic rings.